The molecule has 0 fully saturated rings. The molecule has 0 radical (unpaired) electrons. The first-order valence-electron chi connectivity index (χ1n) is 8.48. The molecule has 1 N–H and O–H groups in total. The van der Waals surface area contributed by atoms with Gasteiger partial charge in [0.05, 0.1) is 6.61 Å². The van der Waals surface area contributed by atoms with Crippen LogP contribution in [0.25, 0.3) is 0 Å². The first kappa shape index (κ1) is 18.8. The molecule has 2 aromatic carbocycles. The van der Waals surface area contributed by atoms with Gasteiger partial charge in [0, 0.05) is 11.0 Å². The van der Waals surface area contributed by atoms with Crippen molar-refractivity contribution in [1.82, 2.24) is 5.32 Å². The lowest BCUT2D eigenvalue weighted by Crippen LogP contribution is -2.14. The van der Waals surface area contributed by atoms with Crippen molar-refractivity contribution in [2.75, 3.05) is 13.2 Å². The monoisotopic (exact) mass is 391 g/mol. The van der Waals surface area contributed by atoms with Gasteiger partial charge in [-0.15, -0.1) is 0 Å². The summed E-state index contributed by atoms with van der Waals surface area (Å²) in [6.45, 7) is 9.19. The number of hydrogen-bond acceptors (Lipinski definition) is 3. The van der Waals surface area contributed by atoms with Crippen LogP contribution >= 0.6 is 15.9 Å². The van der Waals surface area contributed by atoms with Gasteiger partial charge in [-0.2, -0.15) is 0 Å². The van der Waals surface area contributed by atoms with Gasteiger partial charge in [-0.1, -0.05) is 52.7 Å². The Morgan fingerprint density at radius 3 is 2.38 bits per heavy atom. The highest BCUT2D eigenvalue weighted by atomic mass is 79.9. The van der Waals surface area contributed by atoms with Crippen LogP contribution in [0.5, 0.6) is 11.5 Å². The van der Waals surface area contributed by atoms with Crippen LogP contribution in [-0.2, 0) is 13.2 Å². The second-order valence-electron chi connectivity index (χ2n) is 5.77. The molecule has 0 saturated heterocycles. The third kappa shape index (κ3) is 5.53. The Bertz CT molecular complexity index is 641. The summed E-state index contributed by atoms with van der Waals surface area (Å²) in [5.74, 6) is 1.56. The van der Waals surface area contributed by atoms with Crippen LogP contribution in [-0.4, -0.2) is 13.2 Å². The Labute approximate surface area is 153 Å². The zero-order valence-electron chi connectivity index (χ0n) is 14.7. The normalized spacial score (nSPS) is 10.7. The molecular weight excluding hydrogens is 366 g/mol. The summed E-state index contributed by atoms with van der Waals surface area (Å²) >= 11 is 3.64. The van der Waals surface area contributed by atoms with Crippen molar-refractivity contribution < 1.29 is 9.47 Å². The fraction of sp³-hybridized carbons (Fsp3) is 0.400. The lowest BCUT2D eigenvalue weighted by Gasteiger charge is -2.15. The van der Waals surface area contributed by atoms with Crippen molar-refractivity contribution >= 4 is 15.9 Å². The Morgan fingerprint density at radius 2 is 1.71 bits per heavy atom. The lowest BCUT2D eigenvalue weighted by molar-refractivity contribution is 0.269. The Kier molecular flexibility index (Phi) is 7.60. The van der Waals surface area contributed by atoms with E-state index in [2.05, 4.69) is 65.4 Å². The Balaban J connectivity index is 2.12. The molecule has 0 atom stereocenters. The van der Waals surface area contributed by atoms with E-state index >= 15 is 0 Å². The van der Waals surface area contributed by atoms with Gasteiger partial charge in [0.2, 0.25) is 0 Å². The van der Waals surface area contributed by atoms with Crippen LogP contribution in [0.2, 0.25) is 0 Å². The fourth-order valence-corrected chi connectivity index (χ4v) is 2.80. The third-order valence-corrected chi connectivity index (χ3v) is 4.41. The Hall–Kier alpha value is -1.52. The van der Waals surface area contributed by atoms with Crippen LogP contribution in [0.15, 0.2) is 40.9 Å². The third-order valence-electron chi connectivity index (χ3n) is 3.67. The molecule has 130 valence electrons. The van der Waals surface area contributed by atoms with Gasteiger partial charge in [0.1, 0.15) is 6.61 Å². The van der Waals surface area contributed by atoms with Crippen molar-refractivity contribution in [2.24, 2.45) is 0 Å². The highest BCUT2D eigenvalue weighted by Crippen LogP contribution is 2.34. The molecule has 0 aliphatic heterocycles. The van der Waals surface area contributed by atoms with E-state index in [1.807, 2.05) is 13.0 Å². The van der Waals surface area contributed by atoms with E-state index < -0.39 is 0 Å². The summed E-state index contributed by atoms with van der Waals surface area (Å²) in [6, 6.07) is 12.4. The van der Waals surface area contributed by atoms with E-state index in [1.165, 1.54) is 11.1 Å². The van der Waals surface area contributed by atoms with E-state index in [9.17, 15) is 0 Å². The van der Waals surface area contributed by atoms with Gasteiger partial charge < -0.3 is 14.8 Å². The van der Waals surface area contributed by atoms with Crippen molar-refractivity contribution in [3.8, 4) is 11.5 Å². The molecule has 24 heavy (non-hydrogen) atoms. The SMILES string of the molecule is CCCNCc1cc(OCC)c(OCc2ccc(C)cc2)cc1Br. The predicted molar refractivity (Wildman–Crippen MR) is 103 cm³/mol. The fourth-order valence-electron chi connectivity index (χ4n) is 2.34. The van der Waals surface area contributed by atoms with Crippen LogP contribution in [0, 0.1) is 6.92 Å². The highest BCUT2D eigenvalue weighted by Gasteiger charge is 2.11. The van der Waals surface area contributed by atoms with Gasteiger partial charge >= 0.3 is 0 Å². The minimum absolute atomic E-state index is 0.528. The molecule has 0 saturated carbocycles. The standard InChI is InChI=1S/C20H26BrNO2/c1-4-10-22-13-17-11-19(23-5-2)20(12-18(17)21)24-14-16-8-6-15(3)7-9-16/h6-9,11-12,22H,4-5,10,13-14H2,1-3H3. The van der Waals surface area contributed by atoms with Gasteiger partial charge in [-0.25, -0.2) is 0 Å². The number of rotatable bonds is 9. The van der Waals surface area contributed by atoms with Gasteiger partial charge in [-0.05, 0) is 50.1 Å². The molecule has 3 nitrogen and oxygen atoms in total. The quantitative estimate of drug-likeness (QED) is 0.593. The first-order chi connectivity index (χ1) is 11.6. The smallest absolute Gasteiger partial charge is 0.162 e. The first-order valence-corrected chi connectivity index (χ1v) is 9.27. The number of benzene rings is 2. The summed E-state index contributed by atoms with van der Waals surface area (Å²) in [4.78, 5) is 0. The molecule has 0 heterocycles. The summed E-state index contributed by atoms with van der Waals surface area (Å²) in [5, 5.41) is 3.42. The summed E-state index contributed by atoms with van der Waals surface area (Å²) in [6.07, 6.45) is 1.12. The van der Waals surface area contributed by atoms with Gasteiger partial charge in [0.15, 0.2) is 11.5 Å². The number of aryl methyl sites for hydroxylation is 1. The molecule has 0 aromatic heterocycles. The summed E-state index contributed by atoms with van der Waals surface area (Å²) in [7, 11) is 0. The highest BCUT2D eigenvalue weighted by molar-refractivity contribution is 9.10. The molecule has 0 amide bonds. The molecule has 2 rings (SSSR count). The van der Waals surface area contributed by atoms with Crippen molar-refractivity contribution in [3.63, 3.8) is 0 Å². The zero-order valence-corrected chi connectivity index (χ0v) is 16.3. The molecule has 0 unspecified atom stereocenters. The maximum absolute atomic E-state index is 6.00. The van der Waals surface area contributed by atoms with E-state index in [0.29, 0.717) is 13.2 Å². The van der Waals surface area contributed by atoms with Crippen molar-refractivity contribution in [1.29, 1.82) is 0 Å². The predicted octanol–water partition coefficient (Wildman–Crippen LogP) is 5.23. The minimum atomic E-state index is 0.528. The van der Waals surface area contributed by atoms with Crippen LogP contribution in [0.4, 0.5) is 0 Å². The molecule has 2 aromatic rings. The molecule has 0 bridgehead atoms. The lowest BCUT2D eigenvalue weighted by atomic mass is 10.1. The second kappa shape index (κ2) is 9.70. The number of halogens is 1. The largest absolute Gasteiger partial charge is 0.490 e. The number of hydrogen-bond donors (Lipinski definition) is 1. The average molecular weight is 392 g/mol. The van der Waals surface area contributed by atoms with Gasteiger partial charge in [0.25, 0.3) is 0 Å². The molecular formula is C20H26BrNO2. The van der Waals surface area contributed by atoms with Crippen LogP contribution in [0.1, 0.15) is 37.0 Å². The van der Waals surface area contributed by atoms with E-state index in [0.717, 1.165) is 41.0 Å². The molecule has 0 aliphatic rings. The van der Waals surface area contributed by atoms with Crippen molar-refractivity contribution in [2.45, 2.75) is 40.3 Å². The number of nitrogens with one attached hydrogen (secondary N) is 1. The van der Waals surface area contributed by atoms with Gasteiger partial charge in [-0.3, -0.25) is 0 Å². The number of ether oxygens (including phenoxy) is 2. The van der Waals surface area contributed by atoms with E-state index in [4.69, 9.17) is 9.47 Å². The van der Waals surface area contributed by atoms with Crippen molar-refractivity contribution in [3.05, 3.63) is 57.6 Å². The molecule has 0 aliphatic carbocycles. The summed E-state index contributed by atoms with van der Waals surface area (Å²) in [5.41, 5.74) is 3.57. The van der Waals surface area contributed by atoms with E-state index in [-0.39, 0.29) is 0 Å². The minimum Gasteiger partial charge on any atom is -0.490 e. The van der Waals surface area contributed by atoms with Crippen LogP contribution in [0.3, 0.4) is 0 Å². The maximum atomic E-state index is 6.00. The summed E-state index contributed by atoms with van der Waals surface area (Å²) < 4.78 is 12.8. The zero-order chi connectivity index (χ0) is 17.4. The maximum Gasteiger partial charge on any atom is 0.162 e. The Morgan fingerprint density at radius 1 is 1.00 bits per heavy atom. The second-order valence-corrected chi connectivity index (χ2v) is 6.63. The average Bonchev–Trinajstić information content (AvgIpc) is 2.58. The molecule has 0 spiro atoms. The molecule has 4 heteroatoms. The van der Waals surface area contributed by atoms with Crippen LogP contribution < -0.4 is 14.8 Å². The topological polar surface area (TPSA) is 30.5 Å². The van der Waals surface area contributed by atoms with E-state index in [1.54, 1.807) is 0 Å².